The van der Waals surface area contributed by atoms with Crippen molar-refractivity contribution in [3.8, 4) is 0 Å². The molecule has 2 aromatic carbocycles. The average Bonchev–Trinajstić information content (AvgIpc) is 2.78. The van der Waals surface area contributed by atoms with E-state index in [1.807, 2.05) is 76.2 Å². The van der Waals surface area contributed by atoms with Crippen LogP contribution in [0.4, 0.5) is 10.5 Å². The number of nitrogens with zero attached hydrogens (tertiary/aromatic N) is 1. The third-order valence-electron chi connectivity index (χ3n) is 6.79. The second-order valence-corrected chi connectivity index (χ2v) is 11.7. The topological polar surface area (TPSA) is 87.7 Å². The van der Waals surface area contributed by atoms with Gasteiger partial charge >= 0.3 is 6.09 Å². The molecule has 38 heavy (non-hydrogen) atoms. The molecule has 206 valence electrons. The lowest BCUT2D eigenvalue weighted by Crippen LogP contribution is -2.57. The molecule has 3 rings (SSSR count). The largest absolute Gasteiger partial charge is 0.444 e. The summed E-state index contributed by atoms with van der Waals surface area (Å²) >= 11 is 0. The first-order valence-corrected chi connectivity index (χ1v) is 13.6. The molecule has 2 N–H and O–H groups in total. The Bertz CT molecular complexity index is 1100. The Morgan fingerprint density at radius 3 is 2.08 bits per heavy atom. The molecule has 2 aromatic rings. The van der Waals surface area contributed by atoms with Gasteiger partial charge < -0.3 is 20.3 Å². The van der Waals surface area contributed by atoms with Gasteiger partial charge in [0.1, 0.15) is 17.7 Å². The van der Waals surface area contributed by atoms with E-state index in [-0.39, 0.29) is 23.8 Å². The molecule has 3 amide bonds. The summed E-state index contributed by atoms with van der Waals surface area (Å²) in [7, 11) is 0. The van der Waals surface area contributed by atoms with Crippen molar-refractivity contribution in [2.24, 2.45) is 5.92 Å². The van der Waals surface area contributed by atoms with E-state index in [4.69, 9.17) is 4.74 Å². The lowest BCUT2D eigenvalue weighted by Gasteiger charge is -2.44. The van der Waals surface area contributed by atoms with Gasteiger partial charge in [-0.25, -0.2) is 4.79 Å². The first kappa shape index (κ1) is 29.2. The maximum atomic E-state index is 14.3. The predicted molar refractivity (Wildman–Crippen MR) is 151 cm³/mol. The number of amides is 3. The number of hydrogen-bond donors (Lipinski definition) is 2. The summed E-state index contributed by atoms with van der Waals surface area (Å²) in [4.78, 5) is 42.8. The molecule has 0 aromatic heterocycles. The molecule has 2 unspecified atom stereocenters. The molecule has 0 aliphatic heterocycles. The van der Waals surface area contributed by atoms with Crippen LogP contribution in [0.1, 0.15) is 83.0 Å². The standard InChI is InChI=1S/C31H43N3O4/c1-20(2)19-25(32-30(37)38-31(5,6)7)29(36)34(24-17-12-18-24)27(23-15-9-8-10-16-23)28(35)33-26-21(3)13-11-14-22(26)4/h8-11,13-16,20,24-25,27H,12,17-19H2,1-7H3,(H,32,37)(H,33,35). The molecule has 0 heterocycles. The van der Waals surface area contributed by atoms with E-state index >= 15 is 0 Å². The average molecular weight is 522 g/mol. The number of carbonyl (C=O) groups excluding carboxylic acids is 3. The number of anilines is 1. The molecule has 0 bridgehead atoms. The van der Waals surface area contributed by atoms with Gasteiger partial charge in [0.25, 0.3) is 5.91 Å². The summed E-state index contributed by atoms with van der Waals surface area (Å²) < 4.78 is 5.48. The summed E-state index contributed by atoms with van der Waals surface area (Å²) in [5.41, 5.74) is 2.70. The second kappa shape index (κ2) is 12.5. The minimum Gasteiger partial charge on any atom is -0.444 e. The van der Waals surface area contributed by atoms with Crippen LogP contribution in [0.25, 0.3) is 0 Å². The first-order chi connectivity index (χ1) is 17.9. The highest BCUT2D eigenvalue weighted by Gasteiger charge is 2.42. The van der Waals surface area contributed by atoms with E-state index in [1.54, 1.807) is 25.7 Å². The van der Waals surface area contributed by atoms with Crippen LogP contribution in [0.5, 0.6) is 0 Å². The van der Waals surface area contributed by atoms with E-state index in [0.717, 1.165) is 41.6 Å². The number of alkyl carbamates (subject to hydrolysis) is 1. The summed E-state index contributed by atoms with van der Waals surface area (Å²) in [6.45, 7) is 13.3. The monoisotopic (exact) mass is 521 g/mol. The first-order valence-electron chi connectivity index (χ1n) is 13.6. The second-order valence-electron chi connectivity index (χ2n) is 11.7. The highest BCUT2D eigenvalue weighted by atomic mass is 16.6. The molecule has 1 fully saturated rings. The molecule has 0 spiro atoms. The number of rotatable bonds is 9. The minimum absolute atomic E-state index is 0.0912. The zero-order valence-electron chi connectivity index (χ0n) is 23.8. The third kappa shape index (κ3) is 7.59. The van der Waals surface area contributed by atoms with Crippen LogP contribution < -0.4 is 10.6 Å². The van der Waals surface area contributed by atoms with Crippen LogP contribution in [0.15, 0.2) is 48.5 Å². The summed E-state index contributed by atoms with van der Waals surface area (Å²) in [5, 5.41) is 5.94. The van der Waals surface area contributed by atoms with Crippen molar-refractivity contribution in [3.05, 3.63) is 65.2 Å². The van der Waals surface area contributed by atoms with E-state index in [0.29, 0.717) is 6.42 Å². The zero-order chi connectivity index (χ0) is 28.0. The van der Waals surface area contributed by atoms with E-state index < -0.39 is 23.8 Å². The Kier molecular flexibility index (Phi) is 9.58. The van der Waals surface area contributed by atoms with Gasteiger partial charge in [-0.1, -0.05) is 62.4 Å². The predicted octanol–water partition coefficient (Wildman–Crippen LogP) is 6.30. The molecule has 1 saturated carbocycles. The van der Waals surface area contributed by atoms with Gasteiger partial charge in [0.05, 0.1) is 0 Å². The molecule has 7 nitrogen and oxygen atoms in total. The number of carbonyl (C=O) groups is 3. The van der Waals surface area contributed by atoms with Crippen molar-refractivity contribution < 1.29 is 19.1 Å². The van der Waals surface area contributed by atoms with Crippen molar-refractivity contribution in [1.82, 2.24) is 10.2 Å². The highest BCUT2D eigenvalue weighted by molar-refractivity contribution is 6.00. The Morgan fingerprint density at radius 1 is 0.974 bits per heavy atom. The van der Waals surface area contributed by atoms with Crippen molar-refractivity contribution in [3.63, 3.8) is 0 Å². The lowest BCUT2D eigenvalue weighted by atomic mass is 9.87. The summed E-state index contributed by atoms with van der Waals surface area (Å²) in [6, 6.07) is 13.5. The number of hydrogen-bond acceptors (Lipinski definition) is 4. The Labute approximate surface area is 227 Å². The fourth-order valence-electron chi connectivity index (χ4n) is 4.78. The van der Waals surface area contributed by atoms with Gasteiger partial charge in [-0.05, 0) is 82.9 Å². The molecule has 7 heteroatoms. The highest BCUT2D eigenvalue weighted by Crippen LogP contribution is 2.35. The van der Waals surface area contributed by atoms with Crippen LogP contribution in [0, 0.1) is 19.8 Å². The molecule has 1 aliphatic rings. The van der Waals surface area contributed by atoms with Gasteiger partial charge in [0, 0.05) is 11.7 Å². The number of para-hydroxylation sites is 1. The Morgan fingerprint density at radius 2 is 1.58 bits per heavy atom. The fourth-order valence-corrected chi connectivity index (χ4v) is 4.78. The van der Waals surface area contributed by atoms with Crippen LogP contribution >= 0.6 is 0 Å². The summed E-state index contributed by atoms with van der Waals surface area (Å²) in [5.74, 6) is -0.394. The van der Waals surface area contributed by atoms with E-state index in [1.165, 1.54) is 0 Å². The van der Waals surface area contributed by atoms with Crippen LogP contribution in [0.3, 0.4) is 0 Å². The Hall–Kier alpha value is -3.35. The maximum Gasteiger partial charge on any atom is 0.408 e. The number of aryl methyl sites for hydroxylation is 2. The molecule has 0 saturated heterocycles. The van der Waals surface area contributed by atoms with E-state index in [9.17, 15) is 14.4 Å². The van der Waals surface area contributed by atoms with Crippen molar-refractivity contribution in [2.75, 3.05) is 5.32 Å². The Balaban J connectivity index is 2.02. The smallest absolute Gasteiger partial charge is 0.408 e. The number of ether oxygens (including phenoxy) is 1. The van der Waals surface area contributed by atoms with Crippen LogP contribution in [-0.2, 0) is 14.3 Å². The molecule has 0 radical (unpaired) electrons. The molecular formula is C31H43N3O4. The van der Waals surface area contributed by atoms with Gasteiger partial charge in [0.2, 0.25) is 5.91 Å². The number of nitrogens with one attached hydrogen (secondary N) is 2. The van der Waals surface area contributed by atoms with Crippen molar-refractivity contribution in [2.45, 2.75) is 97.9 Å². The van der Waals surface area contributed by atoms with Gasteiger partial charge in [-0.3, -0.25) is 9.59 Å². The van der Waals surface area contributed by atoms with Crippen LogP contribution in [0.2, 0.25) is 0 Å². The van der Waals surface area contributed by atoms with Crippen molar-refractivity contribution >= 4 is 23.6 Å². The quantitative estimate of drug-likeness (QED) is 0.405. The fraction of sp³-hybridized carbons (Fsp3) is 0.516. The SMILES string of the molecule is Cc1cccc(C)c1NC(=O)C(c1ccccc1)N(C(=O)C(CC(C)C)NC(=O)OC(C)(C)C)C1CCC1. The zero-order valence-corrected chi connectivity index (χ0v) is 23.8. The normalized spacial score (nSPS) is 15.3. The van der Waals surface area contributed by atoms with Gasteiger partial charge in [-0.2, -0.15) is 0 Å². The maximum absolute atomic E-state index is 14.3. The minimum atomic E-state index is -0.844. The van der Waals surface area contributed by atoms with E-state index in [2.05, 4.69) is 10.6 Å². The molecular weight excluding hydrogens is 478 g/mol. The number of benzene rings is 2. The lowest BCUT2D eigenvalue weighted by molar-refractivity contribution is -0.146. The summed E-state index contributed by atoms with van der Waals surface area (Å²) in [6.07, 6.45) is 2.41. The third-order valence-corrected chi connectivity index (χ3v) is 6.79. The van der Waals surface area contributed by atoms with Crippen molar-refractivity contribution in [1.29, 1.82) is 0 Å². The van der Waals surface area contributed by atoms with Gasteiger partial charge in [-0.15, -0.1) is 0 Å². The van der Waals surface area contributed by atoms with Crippen LogP contribution in [-0.4, -0.2) is 40.5 Å². The van der Waals surface area contributed by atoms with Gasteiger partial charge in [0.15, 0.2) is 0 Å². The molecule has 2 atom stereocenters. The molecule has 1 aliphatic carbocycles.